The maximum absolute atomic E-state index is 12.4. The Labute approximate surface area is 158 Å². The number of carbonyl (C=O) groups is 3. The number of hydrogen-bond acceptors (Lipinski definition) is 4. The molecule has 1 unspecified atom stereocenters. The summed E-state index contributed by atoms with van der Waals surface area (Å²) in [7, 11) is 0. The average molecular weight is 420 g/mol. The average Bonchev–Trinajstić information content (AvgIpc) is 2.81. The van der Waals surface area contributed by atoms with Crippen molar-refractivity contribution in [1.29, 1.82) is 0 Å². The van der Waals surface area contributed by atoms with Crippen molar-refractivity contribution in [2.75, 3.05) is 0 Å². The molecule has 2 aliphatic heterocycles. The van der Waals surface area contributed by atoms with Crippen molar-refractivity contribution in [2.24, 2.45) is 0 Å². The van der Waals surface area contributed by atoms with Crippen molar-refractivity contribution in [3.63, 3.8) is 0 Å². The van der Waals surface area contributed by atoms with E-state index in [2.05, 4.69) is 5.32 Å². The summed E-state index contributed by atoms with van der Waals surface area (Å²) in [6.07, 6.45) is 0.289. The summed E-state index contributed by atoms with van der Waals surface area (Å²) in [6, 6.07) is 8.24. The number of rotatable bonds is 5. The van der Waals surface area contributed by atoms with E-state index in [9.17, 15) is 19.5 Å². The first-order valence-electron chi connectivity index (χ1n) is 8.00. The van der Waals surface area contributed by atoms with Gasteiger partial charge in [0.25, 0.3) is 0 Å². The fourth-order valence-corrected chi connectivity index (χ4v) is 5.78. The van der Waals surface area contributed by atoms with E-state index in [-0.39, 0.29) is 28.4 Å². The van der Waals surface area contributed by atoms with Gasteiger partial charge >= 0.3 is 159 Å². The Morgan fingerprint density at radius 3 is 2.60 bits per heavy atom. The maximum atomic E-state index is 12.4. The molecule has 1 aromatic carbocycles. The van der Waals surface area contributed by atoms with Crippen LogP contribution in [-0.2, 0) is 14.4 Å². The van der Waals surface area contributed by atoms with Crippen LogP contribution < -0.4 is 5.32 Å². The molecule has 0 aliphatic carbocycles. The predicted molar refractivity (Wildman–Crippen MR) is 95.2 cm³/mol. The van der Waals surface area contributed by atoms with Crippen LogP contribution in [0.2, 0.25) is 0 Å². The van der Waals surface area contributed by atoms with Crippen LogP contribution in [0.1, 0.15) is 30.6 Å². The molecule has 0 aromatic heterocycles. The minimum absolute atomic E-state index is 0.0481. The van der Waals surface area contributed by atoms with E-state index in [0.717, 1.165) is 5.56 Å². The van der Waals surface area contributed by atoms with Crippen LogP contribution in [0.4, 0.5) is 0 Å². The molecular weight excluding hydrogens is 401 g/mol. The number of β-lactam (4-membered cyclic amide) rings is 1. The number of carbonyl (C=O) groups excluding carboxylic acids is 2. The molecule has 2 fully saturated rings. The van der Waals surface area contributed by atoms with Gasteiger partial charge in [0, 0.05) is 0 Å². The first-order chi connectivity index (χ1) is 11.7. The second-order valence-electron chi connectivity index (χ2n) is 6.81. The van der Waals surface area contributed by atoms with Crippen molar-refractivity contribution in [3.05, 3.63) is 35.9 Å². The topological polar surface area (TPSA) is 86.7 Å². The Kier molecular flexibility index (Phi) is 4.89. The van der Waals surface area contributed by atoms with Crippen LogP contribution in [0.15, 0.2) is 30.3 Å². The van der Waals surface area contributed by atoms with Gasteiger partial charge in [-0.2, -0.15) is 0 Å². The first-order valence-corrected chi connectivity index (χ1v) is 10.1. The summed E-state index contributed by atoms with van der Waals surface area (Å²) >= 11 is 3.40. The Morgan fingerprint density at radius 2 is 2.00 bits per heavy atom. The molecule has 2 heterocycles. The Morgan fingerprint density at radius 1 is 1.36 bits per heavy atom. The standard InChI is InChI=1S/C17H19GeN2O4S/c1-17(2)13(16(23)24)20-14(22)12(15(20)25-17)19-11(21)8-10(18)9-6-4-3-5-7-9/h3-7,10,12-13,15H,8H2,1-2H3,(H,19,21)(H,23,24)/t10?,12-,13+,15-/m1/s1. The Bertz CT molecular complexity index is 712. The number of carboxylic acids is 1. The SMILES string of the molecule is CC1(C)S[C@@H]2[C@H](NC(=O)C[CH]([Ge])c3ccccc3)C(=O)N2[C@H]1C(=O)O. The molecule has 8 heteroatoms. The third-order valence-corrected chi connectivity index (χ3v) is 7.28. The van der Waals surface area contributed by atoms with Gasteiger partial charge in [-0.05, 0) is 0 Å². The summed E-state index contributed by atoms with van der Waals surface area (Å²) in [4.78, 5) is 37.6. The molecule has 6 nitrogen and oxygen atoms in total. The van der Waals surface area contributed by atoms with Crippen LogP contribution in [0.5, 0.6) is 0 Å². The number of benzene rings is 1. The summed E-state index contributed by atoms with van der Waals surface area (Å²) in [6.45, 7) is 3.64. The number of fused-ring (bicyclic) bond motifs is 1. The zero-order valence-electron chi connectivity index (χ0n) is 13.9. The van der Waals surface area contributed by atoms with Gasteiger partial charge in [0.2, 0.25) is 0 Å². The fraction of sp³-hybridized carbons (Fsp3) is 0.471. The Balaban J connectivity index is 1.62. The van der Waals surface area contributed by atoms with Crippen molar-refractivity contribution in [3.8, 4) is 0 Å². The molecule has 0 saturated carbocycles. The zero-order chi connectivity index (χ0) is 18.4. The third-order valence-electron chi connectivity index (χ3n) is 4.58. The molecule has 131 valence electrons. The van der Waals surface area contributed by atoms with E-state index >= 15 is 0 Å². The van der Waals surface area contributed by atoms with E-state index in [1.165, 1.54) is 16.7 Å². The van der Waals surface area contributed by atoms with Gasteiger partial charge in [-0.1, -0.05) is 0 Å². The monoisotopic (exact) mass is 421 g/mol. The summed E-state index contributed by atoms with van der Waals surface area (Å²) in [5, 5.41) is 11.9. The number of thioether (sulfide) groups is 1. The first kappa shape index (κ1) is 18.3. The van der Waals surface area contributed by atoms with Crippen LogP contribution in [0.25, 0.3) is 0 Å². The van der Waals surface area contributed by atoms with Crippen molar-refractivity contribution in [2.45, 2.75) is 47.2 Å². The zero-order valence-corrected chi connectivity index (χ0v) is 16.8. The van der Waals surface area contributed by atoms with E-state index in [4.69, 9.17) is 0 Å². The molecule has 1 aromatic rings. The van der Waals surface area contributed by atoms with Gasteiger partial charge in [-0.25, -0.2) is 0 Å². The molecule has 2 N–H and O–H groups in total. The number of nitrogens with zero attached hydrogens (tertiary/aromatic N) is 1. The molecule has 2 aliphatic rings. The molecule has 2 saturated heterocycles. The normalized spacial score (nSPS) is 28.0. The van der Waals surface area contributed by atoms with Crippen molar-refractivity contribution < 1.29 is 19.5 Å². The predicted octanol–water partition coefficient (Wildman–Crippen LogP) is 0.918. The van der Waals surface area contributed by atoms with Crippen molar-refractivity contribution >= 4 is 46.1 Å². The Hall–Kier alpha value is -1.48. The van der Waals surface area contributed by atoms with Crippen molar-refractivity contribution in [1.82, 2.24) is 10.2 Å². The number of aliphatic carboxylic acids is 1. The molecule has 2 amide bonds. The third kappa shape index (κ3) is 3.31. The van der Waals surface area contributed by atoms with Crippen LogP contribution >= 0.6 is 11.8 Å². The van der Waals surface area contributed by atoms with Gasteiger partial charge in [0.15, 0.2) is 0 Å². The summed E-state index contributed by atoms with van der Waals surface area (Å²) in [5.74, 6) is -1.50. The van der Waals surface area contributed by atoms with Gasteiger partial charge in [-0.15, -0.1) is 0 Å². The van der Waals surface area contributed by atoms with Gasteiger partial charge < -0.3 is 0 Å². The molecule has 3 radical (unpaired) electrons. The van der Waals surface area contributed by atoms with Gasteiger partial charge in [0.05, 0.1) is 0 Å². The summed E-state index contributed by atoms with van der Waals surface area (Å²) < 4.78 is -0.532. The molecule has 3 rings (SSSR count). The number of nitrogens with one attached hydrogen (secondary N) is 1. The molecular formula is C17H19GeN2O4S. The summed E-state index contributed by atoms with van der Waals surface area (Å²) in [5.41, 5.74) is 1.07. The molecule has 0 bridgehead atoms. The van der Waals surface area contributed by atoms with E-state index in [1.54, 1.807) is 0 Å². The van der Waals surface area contributed by atoms with E-state index < -0.39 is 22.8 Å². The second kappa shape index (κ2) is 6.68. The van der Waals surface area contributed by atoms with Gasteiger partial charge in [0.1, 0.15) is 0 Å². The molecule has 4 atom stereocenters. The fourth-order valence-electron chi connectivity index (χ4n) is 3.37. The van der Waals surface area contributed by atoms with Gasteiger partial charge in [-0.3, -0.25) is 0 Å². The van der Waals surface area contributed by atoms with E-state index in [1.807, 2.05) is 60.7 Å². The molecule has 0 spiro atoms. The number of carboxylic acid groups (broad SMARTS) is 1. The van der Waals surface area contributed by atoms with E-state index in [0.29, 0.717) is 0 Å². The second-order valence-corrected chi connectivity index (χ2v) is 10.0. The minimum atomic E-state index is -1.00. The number of amides is 2. The van der Waals surface area contributed by atoms with Crippen LogP contribution in [0, 0.1) is 0 Å². The van der Waals surface area contributed by atoms with Crippen LogP contribution in [0.3, 0.4) is 0 Å². The quantitative estimate of drug-likeness (QED) is 0.547. The molecule has 25 heavy (non-hydrogen) atoms. The van der Waals surface area contributed by atoms with Crippen LogP contribution in [-0.4, -0.2) is 66.5 Å². The number of hydrogen-bond donors (Lipinski definition) is 2.